The molecule has 1 saturated heterocycles. The van der Waals surface area contributed by atoms with Crippen LogP contribution in [-0.4, -0.2) is 38.3 Å². The Kier molecular flexibility index (Phi) is 5.25. The molecule has 6 heteroatoms. The molecule has 1 heterocycles. The first-order valence-electron chi connectivity index (χ1n) is 5.94. The summed E-state index contributed by atoms with van der Waals surface area (Å²) < 4.78 is 32.0. The van der Waals surface area contributed by atoms with Gasteiger partial charge < -0.3 is 4.74 Å². The lowest BCUT2D eigenvalue weighted by atomic mass is 9.95. The second kappa shape index (κ2) is 5.87. The van der Waals surface area contributed by atoms with E-state index in [0.717, 1.165) is 6.42 Å². The summed E-state index contributed by atoms with van der Waals surface area (Å²) in [6.45, 7) is 6.40. The van der Waals surface area contributed by atoms with Crippen molar-refractivity contribution in [2.24, 2.45) is 5.92 Å². The van der Waals surface area contributed by atoms with Crippen molar-refractivity contribution in [3.63, 3.8) is 0 Å². The predicted molar refractivity (Wildman–Crippen MR) is 69.9 cm³/mol. The largest absolute Gasteiger partial charge is 0.375 e. The summed E-state index contributed by atoms with van der Waals surface area (Å²) >= 11 is 5.63. The molecule has 1 aliphatic heterocycles. The van der Waals surface area contributed by atoms with E-state index < -0.39 is 10.0 Å². The predicted octanol–water partition coefficient (Wildman–Crippen LogP) is 1.74. The number of hydrogen-bond acceptors (Lipinski definition) is 3. The lowest BCUT2D eigenvalue weighted by molar-refractivity contribution is -0.0599. The zero-order valence-electron chi connectivity index (χ0n) is 10.7. The van der Waals surface area contributed by atoms with Crippen LogP contribution < -0.4 is 4.72 Å². The third-order valence-corrected chi connectivity index (χ3v) is 5.04. The molecule has 0 aromatic rings. The molecule has 2 unspecified atom stereocenters. The first-order chi connectivity index (χ1) is 7.74. The van der Waals surface area contributed by atoms with Gasteiger partial charge in [0.2, 0.25) is 10.0 Å². The maximum absolute atomic E-state index is 11.9. The van der Waals surface area contributed by atoms with E-state index >= 15 is 0 Å². The van der Waals surface area contributed by atoms with E-state index in [9.17, 15) is 8.42 Å². The van der Waals surface area contributed by atoms with Gasteiger partial charge in [0.25, 0.3) is 0 Å². The minimum Gasteiger partial charge on any atom is -0.375 e. The first kappa shape index (κ1) is 15.2. The van der Waals surface area contributed by atoms with Crippen LogP contribution >= 0.6 is 11.6 Å². The normalized spacial score (nSPS) is 26.7. The number of alkyl halides is 1. The van der Waals surface area contributed by atoms with E-state index in [2.05, 4.69) is 4.72 Å². The van der Waals surface area contributed by atoms with Crippen molar-refractivity contribution in [3.8, 4) is 0 Å². The van der Waals surface area contributed by atoms with Crippen molar-refractivity contribution < 1.29 is 13.2 Å². The van der Waals surface area contributed by atoms with Gasteiger partial charge in [0, 0.05) is 18.5 Å². The summed E-state index contributed by atoms with van der Waals surface area (Å²) in [4.78, 5) is 0. The van der Waals surface area contributed by atoms with Crippen LogP contribution in [0.1, 0.15) is 33.6 Å². The van der Waals surface area contributed by atoms with Crippen LogP contribution in [0.15, 0.2) is 0 Å². The highest BCUT2D eigenvalue weighted by Crippen LogP contribution is 2.24. The zero-order chi connectivity index (χ0) is 13.1. The van der Waals surface area contributed by atoms with Gasteiger partial charge in [-0.1, -0.05) is 6.92 Å². The highest BCUT2D eigenvalue weighted by atomic mass is 35.5. The Morgan fingerprint density at radius 3 is 2.71 bits per heavy atom. The summed E-state index contributed by atoms with van der Waals surface area (Å²) in [5, 5.41) is 0. The van der Waals surface area contributed by atoms with Crippen LogP contribution in [0.3, 0.4) is 0 Å². The summed E-state index contributed by atoms with van der Waals surface area (Å²) in [6.07, 6.45) is 1.44. The lowest BCUT2D eigenvalue weighted by Gasteiger charge is -2.35. The number of ether oxygens (including phenoxy) is 1. The van der Waals surface area contributed by atoms with E-state index in [-0.39, 0.29) is 23.3 Å². The molecular weight excluding hydrogens is 262 g/mol. The summed E-state index contributed by atoms with van der Waals surface area (Å²) in [7, 11) is -3.23. The monoisotopic (exact) mass is 283 g/mol. The Morgan fingerprint density at radius 1 is 1.53 bits per heavy atom. The molecule has 0 radical (unpaired) electrons. The van der Waals surface area contributed by atoms with Gasteiger partial charge in [-0.05, 0) is 32.6 Å². The van der Waals surface area contributed by atoms with Gasteiger partial charge in [-0.25, -0.2) is 13.1 Å². The summed E-state index contributed by atoms with van der Waals surface area (Å²) in [6, 6.07) is -0.0220. The molecule has 1 N–H and O–H groups in total. The molecule has 0 aromatic carbocycles. The van der Waals surface area contributed by atoms with Crippen LogP contribution in [0.5, 0.6) is 0 Å². The average molecular weight is 284 g/mol. The van der Waals surface area contributed by atoms with Crippen LogP contribution in [0, 0.1) is 5.92 Å². The second-order valence-electron chi connectivity index (χ2n) is 5.46. The van der Waals surface area contributed by atoms with Crippen molar-refractivity contribution >= 4 is 21.6 Å². The molecule has 1 aliphatic rings. The smallest absolute Gasteiger partial charge is 0.212 e. The van der Waals surface area contributed by atoms with Gasteiger partial charge >= 0.3 is 0 Å². The molecule has 2 atom stereocenters. The van der Waals surface area contributed by atoms with Gasteiger partial charge in [0.05, 0.1) is 11.4 Å². The van der Waals surface area contributed by atoms with Crippen LogP contribution in [0.25, 0.3) is 0 Å². The molecule has 4 nitrogen and oxygen atoms in total. The van der Waals surface area contributed by atoms with Crippen LogP contribution in [-0.2, 0) is 14.8 Å². The lowest BCUT2D eigenvalue weighted by Crippen LogP contribution is -2.46. The number of nitrogens with one attached hydrogen (secondary N) is 1. The standard InChI is InChI=1S/C11H22ClNO3S/c1-9(7-12)8-17(14,15)13-10-4-5-16-11(2,3)6-10/h9-10,13H,4-8H2,1-3H3. The fourth-order valence-corrected chi connectivity index (χ4v) is 3.96. The molecule has 1 fully saturated rings. The highest BCUT2D eigenvalue weighted by Gasteiger charge is 2.31. The van der Waals surface area contributed by atoms with Crippen molar-refractivity contribution in [1.82, 2.24) is 4.72 Å². The number of halogens is 1. The molecule has 0 amide bonds. The van der Waals surface area contributed by atoms with Gasteiger partial charge in [0.15, 0.2) is 0 Å². The third kappa shape index (κ3) is 5.55. The van der Waals surface area contributed by atoms with Crippen molar-refractivity contribution in [2.75, 3.05) is 18.2 Å². The van der Waals surface area contributed by atoms with Gasteiger partial charge in [0.1, 0.15) is 0 Å². The van der Waals surface area contributed by atoms with E-state index in [4.69, 9.17) is 16.3 Å². The van der Waals surface area contributed by atoms with E-state index in [1.165, 1.54) is 0 Å². The molecule has 1 rings (SSSR count). The molecule has 0 spiro atoms. The molecule has 0 bridgehead atoms. The van der Waals surface area contributed by atoms with Crippen LogP contribution in [0.4, 0.5) is 0 Å². The third-order valence-electron chi connectivity index (χ3n) is 2.81. The van der Waals surface area contributed by atoms with Gasteiger partial charge in [-0.2, -0.15) is 0 Å². The number of hydrogen-bond donors (Lipinski definition) is 1. The fraction of sp³-hybridized carbons (Fsp3) is 1.00. The average Bonchev–Trinajstić information content (AvgIpc) is 2.14. The van der Waals surface area contributed by atoms with E-state index in [1.54, 1.807) is 0 Å². The quantitative estimate of drug-likeness (QED) is 0.782. The van der Waals surface area contributed by atoms with Crippen LogP contribution in [0.2, 0.25) is 0 Å². The van der Waals surface area contributed by atoms with E-state index in [1.807, 2.05) is 20.8 Å². The molecule has 0 aromatic heterocycles. The Labute approximate surface area is 109 Å². The Hall–Kier alpha value is 0.160. The molecular formula is C11H22ClNO3S. The van der Waals surface area contributed by atoms with Crippen molar-refractivity contribution in [2.45, 2.75) is 45.3 Å². The maximum atomic E-state index is 11.9. The van der Waals surface area contributed by atoms with E-state index in [0.29, 0.717) is 18.9 Å². The first-order valence-corrected chi connectivity index (χ1v) is 8.13. The number of sulfonamides is 1. The molecule has 17 heavy (non-hydrogen) atoms. The van der Waals surface area contributed by atoms with Gasteiger partial charge in [-0.15, -0.1) is 11.6 Å². The van der Waals surface area contributed by atoms with Crippen molar-refractivity contribution in [3.05, 3.63) is 0 Å². The highest BCUT2D eigenvalue weighted by molar-refractivity contribution is 7.89. The molecule has 102 valence electrons. The fourth-order valence-electron chi connectivity index (χ4n) is 2.05. The SMILES string of the molecule is CC(CCl)CS(=O)(=O)NC1CCOC(C)(C)C1. The Bertz CT molecular complexity index is 343. The Morgan fingerprint density at radius 2 is 2.18 bits per heavy atom. The molecule has 0 saturated carbocycles. The second-order valence-corrected chi connectivity index (χ2v) is 7.56. The zero-order valence-corrected chi connectivity index (χ0v) is 12.3. The van der Waals surface area contributed by atoms with Crippen molar-refractivity contribution in [1.29, 1.82) is 0 Å². The number of rotatable bonds is 5. The maximum Gasteiger partial charge on any atom is 0.212 e. The summed E-state index contributed by atoms with van der Waals surface area (Å²) in [5.74, 6) is 0.427. The minimum absolute atomic E-state index is 0.0220. The van der Waals surface area contributed by atoms with Gasteiger partial charge in [-0.3, -0.25) is 0 Å². The Balaban J connectivity index is 2.53. The topological polar surface area (TPSA) is 55.4 Å². The molecule has 0 aliphatic carbocycles. The minimum atomic E-state index is -3.23. The summed E-state index contributed by atoms with van der Waals surface area (Å²) in [5.41, 5.74) is -0.246.